The highest BCUT2D eigenvalue weighted by Gasteiger charge is 2.12. The van der Waals surface area contributed by atoms with Gasteiger partial charge in [0.2, 0.25) is 0 Å². The molecule has 1 aromatic heterocycles. The Bertz CT molecular complexity index is 742. The van der Waals surface area contributed by atoms with E-state index in [1.165, 1.54) is 26.6 Å². The van der Waals surface area contributed by atoms with Crippen LogP contribution in [0.5, 0.6) is 11.5 Å². The van der Waals surface area contributed by atoms with E-state index in [0.29, 0.717) is 22.8 Å². The highest BCUT2D eigenvalue weighted by atomic mass is 16.5. The second-order valence-electron chi connectivity index (χ2n) is 4.54. The molecule has 0 bridgehead atoms. The minimum Gasteiger partial charge on any atom is -0.497 e. The van der Waals surface area contributed by atoms with Gasteiger partial charge in [-0.2, -0.15) is 5.26 Å². The lowest BCUT2D eigenvalue weighted by Crippen LogP contribution is -2.23. The third-order valence-electron chi connectivity index (χ3n) is 3.11. The van der Waals surface area contributed by atoms with Gasteiger partial charge in [-0.1, -0.05) is 0 Å². The zero-order chi connectivity index (χ0) is 16.7. The topological polar surface area (TPSA) is 84.5 Å². The number of nitriles is 1. The summed E-state index contributed by atoms with van der Waals surface area (Å²) in [5, 5.41) is 11.9. The molecule has 0 aliphatic carbocycles. The fourth-order valence-corrected chi connectivity index (χ4v) is 1.93. The third kappa shape index (κ3) is 4.14. The zero-order valence-electron chi connectivity index (χ0n) is 12.8. The van der Waals surface area contributed by atoms with Crippen LogP contribution in [-0.4, -0.2) is 20.1 Å². The van der Waals surface area contributed by atoms with E-state index in [0.717, 1.165) is 0 Å². The Kier molecular flexibility index (Phi) is 5.42. The van der Waals surface area contributed by atoms with Crippen LogP contribution in [0.15, 0.2) is 46.6 Å². The standard InChI is InChI=1S/C17H16N2O4/c1-21-14-5-6-16(22-2)12(9-14)8-13(10-18)17(20)19-11-15-4-3-7-23-15/h3-9H,11H2,1-2H3,(H,19,20)/b13-8+. The number of hydrogen-bond donors (Lipinski definition) is 1. The normalized spacial score (nSPS) is 10.7. The van der Waals surface area contributed by atoms with Crippen LogP contribution in [0.25, 0.3) is 6.08 Å². The van der Waals surface area contributed by atoms with Crippen LogP contribution >= 0.6 is 0 Å². The van der Waals surface area contributed by atoms with E-state index in [-0.39, 0.29) is 12.1 Å². The van der Waals surface area contributed by atoms with Crippen molar-refractivity contribution in [1.82, 2.24) is 5.32 Å². The lowest BCUT2D eigenvalue weighted by atomic mass is 10.1. The molecule has 0 saturated carbocycles. The molecular weight excluding hydrogens is 296 g/mol. The van der Waals surface area contributed by atoms with Crippen LogP contribution in [0, 0.1) is 11.3 Å². The van der Waals surface area contributed by atoms with Gasteiger partial charge < -0.3 is 19.2 Å². The van der Waals surface area contributed by atoms with Crippen molar-refractivity contribution in [2.75, 3.05) is 14.2 Å². The van der Waals surface area contributed by atoms with Gasteiger partial charge >= 0.3 is 0 Å². The first-order valence-electron chi connectivity index (χ1n) is 6.82. The molecule has 1 N–H and O–H groups in total. The number of rotatable bonds is 6. The van der Waals surface area contributed by atoms with Gasteiger partial charge in [0, 0.05) is 5.56 Å². The Balaban J connectivity index is 2.20. The van der Waals surface area contributed by atoms with Crippen LogP contribution in [0.2, 0.25) is 0 Å². The fraction of sp³-hybridized carbons (Fsp3) is 0.176. The summed E-state index contributed by atoms with van der Waals surface area (Å²) < 4.78 is 15.5. The highest BCUT2D eigenvalue weighted by molar-refractivity contribution is 6.01. The summed E-state index contributed by atoms with van der Waals surface area (Å²) in [6.45, 7) is 0.208. The fourth-order valence-electron chi connectivity index (χ4n) is 1.93. The number of ether oxygens (including phenoxy) is 2. The van der Waals surface area contributed by atoms with Gasteiger partial charge in [-0.3, -0.25) is 4.79 Å². The maximum atomic E-state index is 12.1. The van der Waals surface area contributed by atoms with E-state index in [1.807, 2.05) is 6.07 Å². The first-order chi connectivity index (χ1) is 11.2. The Morgan fingerprint density at radius 3 is 2.78 bits per heavy atom. The maximum absolute atomic E-state index is 12.1. The number of methoxy groups -OCH3 is 2. The smallest absolute Gasteiger partial charge is 0.262 e. The summed E-state index contributed by atoms with van der Waals surface area (Å²) in [5.74, 6) is 1.26. The largest absolute Gasteiger partial charge is 0.497 e. The number of carbonyl (C=O) groups excluding carboxylic acids is 1. The van der Waals surface area contributed by atoms with Crippen LogP contribution in [0.4, 0.5) is 0 Å². The summed E-state index contributed by atoms with van der Waals surface area (Å²) in [6, 6.07) is 10.5. The van der Waals surface area contributed by atoms with Crippen molar-refractivity contribution < 1.29 is 18.7 Å². The second kappa shape index (κ2) is 7.71. The Labute approximate surface area is 133 Å². The van der Waals surface area contributed by atoms with E-state index in [9.17, 15) is 10.1 Å². The first-order valence-corrected chi connectivity index (χ1v) is 6.82. The quantitative estimate of drug-likeness (QED) is 0.654. The van der Waals surface area contributed by atoms with Crippen molar-refractivity contribution in [3.63, 3.8) is 0 Å². The minimum absolute atomic E-state index is 0.0388. The predicted molar refractivity (Wildman–Crippen MR) is 83.7 cm³/mol. The minimum atomic E-state index is -0.492. The summed E-state index contributed by atoms with van der Waals surface area (Å²) in [7, 11) is 3.05. The molecule has 2 rings (SSSR count). The molecule has 6 nitrogen and oxygen atoms in total. The molecule has 0 unspecified atom stereocenters. The van der Waals surface area contributed by atoms with Crippen LogP contribution in [-0.2, 0) is 11.3 Å². The van der Waals surface area contributed by atoms with Crippen molar-refractivity contribution in [3.05, 3.63) is 53.5 Å². The average molecular weight is 312 g/mol. The van der Waals surface area contributed by atoms with E-state index < -0.39 is 5.91 Å². The van der Waals surface area contributed by atoms with Gasteiger partial charge in [0.25, 0.3) is 5.91 Å². The molecule has 0 saturated heterocycles. The number of benzene rings is 1. The highest BCUT2D eigenvalue weighted by Crippen LogP contribution is 2.26. The van der Waals surface area contributed by atoms with Gasteiger partial charge in [-0.15, -0.1) is 0 Å². The molecule has 1 amide bonds. The molecule has 118 valence electrons. The van der Waals surface area contributed by atoms with Crippen LogP contribution in [0.1, 0.15) is 11.3 Å². The number of furan rings is 1. The molecule has 6 heteroatoms. The predicted octanol–water partition coefficient (Wildman–Crippen LogP) is 2.52. The Morgan fingerprint density at radius 1 is 1.35 bits per heavy atom. The number of amides is 1. The molecular formula is C17H16N2O4. The zero-order valence-corrected chi connectivity index (χ0v) is 12.8. The van der Waals surface area contributed by atoms with Crippen molar-refractivity contribution in [3.8, 4) is 17.6 Å². The van der Waals surface area contributed by atoms with Gasteiger partial charge in [0.1, 0.15) is 28.9 Å². The number of nitrogens with one attached hydrogen (secondary N) is 1. The van der Waals surface area contributed by atoms with Crippen molar-refractivity contribution >= 4 is 12.0 Å². The summed E-state index contributed by atoms with van der Waals surface area (Å²) in [4.78, 5) is 12.1. The molecule has 0 aliphatic rings. The Hall–Kier alpha value is -3.20. The molecule has 0 radical (unpaired) electrons. The number of hydrogen-bond acceptors (Lipinski definition) is 5. The summed E-state index contributed by atoms with van der Waals surface area (Å²) in [5.41, 5.74) is 0.541. The molecule has 1 aromatic carbocycles. The molecule has 2 aromatic rings. The van der Waals surface area contributed by atoms with Crippen LogP contribution < -0.4 is 14.8 Å². The van der Waals surface area contributed by atoms with E-state index in [4.69, 9.17) is 13.9 Å². The van der Waals surface area contributed by atoms with Gasteiger partial charge in [-0.05, 0) is 36.4 Å². The first kappa shape index (κ1) is 16.2. The van der Waals surface area contributed by atoms with E-state index >= 15 is 0 Å². The number of carbonyl (C=O) groups is 1. The van der Waals surface area contributed by atoms with Crippen LogP contribution in [0.3, 0.4) is 0 Å². The lowest BCUT2D eigenvalue weighted by molar-refractivity contribution is -0.117. The maximum Gasteiger partial charge on any atom is 0.262 e. The average Bonchev–Trinajstić information content (AvgIpc) is 3.10. The molecule has 0 aliphatic heterocycles. The van der Waals surface area contributed by atoms with Crippen molar-refractivity contribution in [2.24, 2.45) is 0 Å². The third-order valence-corrected chi connectivity index (χ3v) is 3.11. The van der Waals surface area contributed by atoms with Crippen molar-refractivity contribution in [2.45, 2.75) is 6.54 Å². The molecule has 0 spiro atoms. The van der Waals surface area contributed by atoms with E-state index in [1.54, 1.807) is 30.3 Å². The SMILES string of the molecule is COc1ccc(OC)c(/C=C(\C#N)C(=O)NCc2ccco2)c1. The van der Waals surface area contributed by atoms with Gasteiger partial charge in [-0.25, -0.2) is 0 Å². The van der Waals surface area contributed by atoms with Crippen molar-refractivity contribution in [1.29, 1.82) is 5.26 Å². The molecule has 0 fully saturated rings. The summed E-state index contributed by atoms with van der Waals surface area (Å²) >= 11 is 0. The lowest BCUT2D eigenvalue weighted by Gasteiger charge is -2.08. The van der Waals surface area contributed by atoms with Gasteiger partial charge in [0.15, 0.2) is 0 Å². The molecule has 0 atom stereocenters. The molecule has 1 heterocycles. The summed E-state index contributed by atoms with van der Waals surface area (Å²) in [6.07, 6.45) is 2.97. The second-order valence-corrected chi connectivity index (χ2v) is 4.54. The number of nitrogens with zero attached hydrogens (tertiary/aromatic N) is 1. The molecule has 23 heavy (non-hydrogen) atoms. The van der Waals surface area contributed by atoms with E-state index in [2.05, 4.69) is 5.32 Å². The monoisotopic (exact) mass is 312 g/mol. The van der Waals surface area contributed by atoms with Gasteiger partial charge in [0.05, 0.1) is 27.0 Å². The Morgan fingerprint density at radius 2 is 2.17 bits per heavy atom.